The predicted octanol–water partition coefficient (Wildman–Crippen LogP) is 2.44. The Morgan fingerprint density at radius 1 is 1.32 bits per heavy atom. The van der Waals surface area contributed by atoms with Crippen LogP contribution in [0.15, 0.2) is 17.5 Å². The van der Waals surface area contributed by atoms with E-state index in [4.69, 9.17) is 0 Å². The molecule has 0 bridgehead atoms. The molecule has 1 aromatic rings. The van der Waals surface area contributed by atoms with Gasteiger partial charge in [0.1, 0.15) is 0 Å². The van der Waals surface area contributed by atoms with E-state index in [1.165, 1.54) is 0 Å². The van der Waals surface area contributed by atoms with E-state index in [2.05, 4.69) is 5.32 Å². The van der Waals surface area contributed by atoms with Crippen LogP contribution in [0.1, 0.15) is 37.0 Å². The van der Waals surface area contributed by atoms with Gasteiger partial charge in [0.05, 0.1) is 12.3 Å². The Kier molecular flexibility index (Phi) is 4.96. The maximum atomic E-state index is 12.0. The second-order valence-corrected chi connectivity index (χ2v) is 6.05. The molecule has 104 valence electrons. The Morgan fingerprint density at radius 2 is 2.11 bits per heavy atom. The molecule has 1 aliphatic rings. The SMILES string of the molecule is O=C(Cc1cccs1)NC1CCCCCC1C(=O)O. The van der Waals surface area contributed by atoms with Gasteiger partial charge in [0, 0.05) is 10.9 Å². The average Bonchev–Trinajstić information content (AvgIpc) is 2.73. The minimum absolute atomic E-state index is 0.0689. The van der Waals surface area contributed by atoms with Crippen molar-refractivity contribution < 1.29 is 14.7 Å². The van der Waals surface area contributed by atoms with E-state index < -0.39 is 11.9 Å². The maximum Gasteiger partial charge on any atom is 0.308 e. The number of hydrogen-bond donors (Lipinski definition) is 2. The molecule has 0 aromatic carbocycles. The Hall–Kier alpha value is -1.36. The van der Waals surface area contributed by atoms with E-state index in [0.717, 1.165) is 30.6 Å². The van der Waals surface area contributed by atoms with Gasteiger partial charge in [0.25, 0.3) is 0 Å². The van der Waals surface area contributed by atoms with Crippen LogP contribution < -0.4 is 5.32 Å². The molecular formula is C14H19NO3S. The zero-order valence-electron chi connectivity index (χ0n) is 10.8. The second kappa shape index (κ2) is 6.70. The highest BCUT2D eigenvalue weighted by Gasteiger charge is 2.30. The number of nitrogens with one attached hydrogen (secondary N) is 1. The van der Waals surface area contributed by atoms with Gasteiger partial charge in [-0.25, -0.2) is 0 Å². The van der Waals surface area contributed by atoms with Crippen LogP contribution in [-0.2, 0) is 16.0 Å². The number of carboxylic acids is 1. The number of carbonyl (C=O) groups excluding carboxylic acids is 1. The summed E-state index contributed by atoms with van der Waals surface area (Å²) in [5.74, 6) is -1.29. The fraction of sp³-hybridized carbons (Fsp3) is 0.571. The Balaban J connectivity index is 1.94. The van der Waals surface area contributed by atoms with E-state index in [1.54, 1.807) is 11.3 Å². The Labute approximate surface area is 116 Å². The number of thiophene rings is 1. The maximum absolute atomic E-state index is 12.0. The smallest absolute Gasteiger partial charge is 0.308 e. The third-order valence-corrected chi connectivity index (χ3v) is 4.47. The number of hydrogen-bond acceptors (Lipinski definition) is 3. The number of carbonyl (C=O) groups is 2. The highest BCUT2D eigenvalue weighted by Crippen LogP contribution is 2.24. The quantitative estimate of drug-likeness (QED) is 0.833. The molecule has 1 amide bonds. The Morgan fingerprint density at radius 3 is 2.79 bits per heavy atom. The van der Waals surface area contributed by atoms with Crippen molar-refractivity contribution in [3.05, 3.63) is 22.4 Å². The predicted molar refractivity (Wildman–Crippen MR) is 74.2 cm³/mol. The number of carboxylic acid groups (broad SMARTS) is 1. The van der Waals surface area contributed by atoms with Gasteiger partial charge in [-0.05, 0) is 24.3 Å². The van der Waals surface area contributed by atoms with Gasteiger partial charge in [0.15, 0.2) is 0 Å². The van der Waals surface area contributed by atoms with Crippen molar-refractivity contribution >= 4 is 23.2 Å². The van der Waals surface area contributed by atoms with Crippen LogP contribution >= 0.6 is 11.3 Å². The molecule has 1 aromatic heterocycles. The monoisotopic (exact) mass is 281 g/mol. The van der Waals surface area contributed by atoms with E-state index >= 15 is 0 Å². The van der Waals surface area contributed by atoms with Crippen molar-refractivity contribution in [2.24, 2.45) is 5.92 Å². The van der Waals surface area contributed by atoms with Crippen LogP contribution in [0, 0.1) is 5.92 Å². The van der Waals surface area contributed by atoms with Crippen molar-refractivity contribution in [1.82, 2.24) is 5.32 Å². The number of rotatable bonds is 4. The molecule has 0 spiro atoms. The molecule has 2 unspecified atom stereocenters. The lowest BCUT2D eigenvalue weighted by Crippen LogP contribution is -2.43. The first-order chi connectivity index (χ1) is 9.16. The molecule has 0 saturated heterocycles. The summed E-state index contributed by atoms with van der Waals surface area (Å²) < 4.78 is 0. The fourth-order valence-corrected chi connectivity index (χ4v) is 3.31. The molecule has 2 atom stereocenters. The third-order valence-electron chi connectivity index (χ3n) is 3.59. The van der Waals surface area contributed by atoms with Gasteiger partial charge in [0.2, 0.25) is 5.91 Å². The van der Waals surface area contributed by atoms with E-state index in [9.17, 15) is 14.7 Å². The second-order valence-electron chi connectivity index (χ2n) is 5.01. The van der Waals surface area contributed by atoms with Crippen LogP contribution in [0.2, 0.25) is 0 Å². The lowest BCUT2D eigenvalue weighted by atomic mass is 9.95. The van der Waals surface area contributed by atoms with E-state index in [0.29, 0.717) is 12.8 Å². The molecule has 19 heavy (non-hydrogen) atoms. The topological polar surface area (TPSA) is 66.4 Å². The first kappa shape index (κ1) is 14.1. The van der Waals surface area contributed by atoms with Gasteiger partial charge in [-0.3, -0.25) is 9.59 Å². The summed E-state index contributed by atoms with van der Waals surface area (Å²) in [5, 5.41) is 14.1. The van der Waals surface area contributed by atoms with Gasteiger partial charge in [-0.1, -0.05) is 25.3 Å². The van der Waals surface area contributed by atoms with E-state index in [1.807, 2.05) is 17.5 Å². The molecule has 1 saturated carbocycles. The standard InChI is InChI=1S/C14H19NO3S/c16-13(9-10-5-4-8-19-10)15-12-7-3-1-2-6-11(12)14(17)18/h4-5,8,11-12H,1-3,6-7,9H2,(H,15,16)(H,17,18). The van der Waals surface area contributed by atoms with Gasteiger partial charge >= 0.3 is 5.97 Å². The van der Waals surface area contributed by atoms with Gasteiger partial charge in [-0.2, -0.15) is 0 Å². The minimum atomic E-state index is -0.789. The highest BCUT2D eigenvalue weighted by atomic mass is 32.1. The molecule has 0 radical (unpaired) electrons. The normalized spacial score (nSPS) is 23.6. The van der Waals surface area contributed by atoms with Crippen LogP contribution in [0.5, 0.6) is 0 Å². The summed E-state index contributed by atoms with van der Waals surface area (Å²) in [6.07, 6.45) is 4.77. The van der Waals surface area contributed by atoms with Crippen molar-refractivity contribution in [2.45, 2.75) is 44.6 Å². The van der Waals surface area contributed by atoms with Crippen molar-refractivity contribution in [1.29, 1.82) is 0 Å². The first-order valence-electron chi connectivity index (χ1n) is 6.71. The molecular weight excluding hydrogens is 262 g/mol. The largest absolute Gasteiger partial charge is 0.481 e. The number of aliphatic carboxylic acids is 1. The molecule has 2 N–H and O–H groups in total. The third kappa shape index (κ3) is 4.06. The lowest BCUT2D eigenvalue weighted by molar-refractivity contribution is -0.143. The molecule has 2 rings (SSSR count). The minimum Gasteiger partial charge on any atom is -0.481 e. The number of amides is 1. The summed E-state index contributed by atoms with van der Waals surface area (Å²) in [6, 6.07) is 3.62. The van der Waals surface area contributed by atoms with Crippen LogP contribution in [0.4, 0.5) is 0 Å². The molecule has 1 fully saturated rings. The van der Waals surface area contributed by atoms with Crippen LogP contribution in [0.25, 0.3) is 0 Å². The zero-order chi connectivity index (χ0) is 13.7. The summed E-state index contributed by atoms with van der Waals surface area (Å²) in [6.45, 7) is 0. The summed E-state index contributed by atoms with van der Waals surface area (Å²) in [7, 11) is 0. The summed E-state index contributed by atoms with van der Waals surface area (Å²) in [5.41, 5.74) is 0. The van der Waals surface area contributed by atoms with Crippen LogP contribution in [0.3, 0.4) is 0 Å². The fourth-order valence-electron chi connectivity index (χ4n) is 2.61. The molecule has 0 aliphatic heterocycles. The molecule has 1 heterocycles. The summed E-state index contributed by atoms with van der Waals surface area (Å²) >= 11 is 1.55. The highest BCUT2D eigenvalue weighted by molar-refractivity contribution is 7.10. The average molecular weight is 281 g/mol. The van der Waals surface area contributed by atoms with Gasteiger partial charge < -0.3 is 10.4 Å². The van der Waals surface area contributed by atoms with Crippen molar-refractivity contribution in [3.8, 4) is 0 Å². The van der Waals surface area contributed by atoms with Crippen molar-refractivity contribution in [3.63, 3.8) is 0 Å². The zero-order valence-corrected chi connectivity index (χ0v) is 11.6. The molecule has 1 aliphatic carbocycles. The first-order valence-corrected chi connectivity index (χ1v) is 7.59. The molecule has 5 heteroatoms. The van der Waals surface area contributed by atoms with Gasteiger partial charge in [-0.15, -0.1) is 11.3 Å². The van der Waals surface area contributed by atoms with E-state index in [-0.39, 0.29) is 11.9 Å². The van der Waals surface area contributed by atoms with Crippen molar-refractivity contribution in [2.75, 3.05) is 0 Å². The lowest BCUT2D eigenvalue weighted by Gasteiger charge is -2.22. The summed E-state index contributed by atoms with van der Waals surface area (Å²) in [4.78, 5) is 24.2. The van der Waals surface area contributed by atoms with Crippen LogP contribution in [-0.4, -0.2) is 23.0 Å². The molecule has 4 nitrogen and oxygen atoms in total. The Bertz CT molecular complexity index is 430.